The van der Waals surface area contributed by atoms with Crippen LogP contribution in [0.15, 0.2) is 42.5 Å². The zero-order valence-corrected chi connectivity index (χ0v) is 13.1. The standard InChI is InChI=1S/C16H15NO5S/c18-17(19)15-6-13-8-21-11-22-16(13)14(7-15)10-23(20)9-12-4-2-1-3-5-12/h1-7H,8-11H2/t23-/m0/s1. The van der Waals surface area contributed by atoms with Crippen LogP contribution in [0.4, 0.5) is 5.69 Å². The molecule has 1 aliphatic heterocycles. The van der Waals surface area contributed by atoms with Gasteiger partial charge < -0.3 is 9.47 Å². The second-order valence-electron chi connectivity index (χ2n) is 5.18. The lowest BCUT2D eigenvalue weighted by molar-refractivity contribution is -0.385. The first kappa shape index (κ1) is 15.6. The monoisotopic (exact) mass is 333 g/mol. The van der Waals surface area contributed by atoms with Gasteiger partial charge in [-0.2, -0.15) is 0 Å². The van der Waals surface area contributed by atoms with Gasteiger partial charge in [-0.15, -0.1) is 0 Å². The largest absolute Gasteiger partial charge is 0.467 e. The zero-order valence-electron chi connectivity index (χ0n) is 12.3. The van der Waals surface area contributed by atoms with Gasteiger partial charge in [0.1, 0.15) is 5.75 Å². The number of fused-ring (bicyclic) bond motifs is 1. The molecule has 0 aliphatic carbocycles. The lowest BCUT2D eigenvalue weighted by atomic mass is 10.1. The fraction of sp³-hybridized carbons (Fsp3) is 0.250. The number of nitro groups is 1. The van der Waals surface area contributed by atoms with E-state index in [1.54, 1.807) is 0 Å². The van der Waals surface area contributed by atoms with E-state index in [0.29, 0.717) is 22.6 Å². The molecule has 2 aromatic rings. The van der Waals surface area contributed by atoms with Crippen molar-refractivity contribution in [2.75, 3.05) is 6.79 Å². The van der Waals surface area contributed by atoms with Crippen LogP contribution in [0, 0.1) is 10.1 Å². The third-order valence-electron chi connectivity index (χ3n) is 3.47. The van der Waals surface area contributed by atoms with Gasteiger partial charge in [-0.3, -0.25) is 14.3 Å². The number of hydrogen-bond acceptors (Lipinski definition) is 5. The number of ether oxygens (including phenoxy) is 2. The van der Waals surface area contributed by atoms with Crippen LogP contribution in [0.1, 0.15) is 16.7 Å². The van der Waals surface area contributed by atoms with Crippen molar-refractivity contribution in [2.24, 2.45) is 0 Å². The number of hydrogen-bond donors (Lipinski definition) is 0. The van der Waals surface area contributed by atoms with Crippen LogP contribution < -0.4 is 4.74 Å². The minimum atomic E-state index is -1.18. The minimum absolute atomic E-state index is 0.0374. The molecule has 3 rings (SSSR count). The molecule has 0 bridgehead atoms. The molecule has 1 aliphatic rings. The summed E-state index contributed by atoms with van der Waals surface area (Å²) in [5, 5.41) is 11.1. The molecule has 0 saturated heterocycles. The highest BCUT2D eigenvalue weighted by Crippen LogP contribution is 2.33. The number of benzene rings is 2. The summed E-state index contributed by atoms with van der Waals surface area (Å²) in [5.74, 6) is 1.16. The van der Waals surface area contributed by atoms with Crippen molar-refractivity contribution in [3.05, 3.63) is 69.3 Å². The van der Waals surface area contributed by atoms with Gasteiger partial charge in [0.25, 0.3) is 5.69 Å². The Morgan fingerprint density at radius 3 is 2.70 bits per heavy atom. The van der Waals surface area contributed by atoms with Crippen LogP contribution in [0.2, 0.25) is 0 Å². The van der Waals surface area contributed by atoms with E-state index < -0.39 is 15.7 Å². The van der Waals surface area contributed by atoms with E-state index in [1.165, 1.54) is 12.1 Å². The molecule has 0 N–H and O–H groups in total. The smallest absolute Gasteiger partial charge is 0.270 e. The average Bonchev–Trinajstić information content (AvgIpc) is 2.55. The van der Waals surface area contributed by atoms with E-state index in [2.05, 4.69) is 0 Å². The van der Waals surface area contributed by atoms with E-state index in [9.17, 15) is 14.3 Å². The SMILES string of the molecule is O=[N+]([O-])c1cc2c(c(C[S@@](=O)Cc3ccccc3)c1)OCOC2. The number of nitrogens with zero attached hydrogens (tertiary/aromatic N) is 1. The predicted octanol–water partition coefficient (Wildman–Crippen LogP) is 2.91. The van der Waals surface area contributed by atoms with Crippen molar-refractivity contribution in [3.8, 4) is 5.75 Å². The van der Waals surface area contributed by atoms with Crippen molar-refractivity contribution >= 4 is 16.5 Å². The van der Waals surface area contributed by atoms with E-state index >= 15 is 0 Å². The molecule has 6 nitrogen and oxygen atoms in total. The number of non-ortho nitro benzene ring substituents is 1. The third-order valence-corrected chi connectivity index (χ3v) is 4.76. The summed E-state index contributed by atoms with van der Waals surface area (Å²) in [5.41, 5.74) is 2.14. The van der Waals surface area contributed by atoms with Crippen LogP contribution >= 0.6 is 0 Å². The summed E-state index contributed by atoms with van der Waals surface area (Å²) in [7, 11) is -1.18. The lowest BCUT2D eigenvalue weighted by Crippen LogP contribution is -2.14. The van der Waals surface area contributed by atoms with Crippen LogP contribution in [-0.4, -0.2) is 15.9 Å². The summed E-state index contributed by atoms with van der Waals surface area (Å²) < 4.78 is 23.0. The van der Waals surface area contributed by atoms with E-state index in [-0.39, 0.29) is 24.8 Å². The van der Waals surface area contributed by atoms with Crippen LogP contribution in [0.5, 0.6) is 5.75 Å². The maximum absolute atomic E-state index is 12.4. The average molecular weight is 333 g/mol. The lowest BCUT2D eigenvalue weighted by Gasteiger charge is -2.20. The van der Waals surface area contributed by atoms with E-state index in [0.717, 1.165) is 5.56 Å². The van der Waals surface area contributed by atoms with Crippen molar-refractivity contribution in [1.29, 1.82) is 0 Å². The first-order valence-electron chi connectivity index (χ1n) is 7.03. The second kappa shape index (κ2) is 6.89. The molecule has 7 heteroatoms. The summed E-state index contributed by atoms with van der Waals surface area (Å²) in [6.45, 7) is 0.360. The van der Waals surface area contributed by atoms with Gasteiger partial charge in [0, 0.05) is 39.8 Å². The van der Waals surface area contributed by atoms with Gasteiger partial charge in [0.05, 0.1) is 17.3 Å². The fourth-order valence-corrected chi connectivity index (χ4v) is 3.71. The minimum Gasteiger partial charge on any atom is -0.467 e. The molecule has 0 aromatic heterocycles. The van der Waals surface area contributed by atoms with Crippen LogP contribution in [-0.2, 0) is 33.6 Å². The Morgan fingerprint density at radius 1 is 1.17 bits per heavy atom. The van der Waals surface area contributed by atoms with Crippen molar-refractivity contribution in [2.45, 2.75) is 18.1 Å². The fourth-order valence-electron chi connectivity index (χ4n) is 2.48. The highest BCUT2D eigenvalue weighted by molar-refractivity contribution is 7.83. The highest BCUT2D eigenvalue weighted by Gasteiger charge is 2.22. The molecule has 120 valence electrons. The Kier molecular flexibility index (Phi) is 4.68. The molecule has 0 spiro atoms. The van der Waals surface area contributed by atoms with Gasteiger partial charge in [-0.25, -0.2) is 0 Å². The Bertz CT molecular complexity index is 748. The quantitative estimate of drug-likeness (QED) is 0.621. The molecule has 2 aromatic carbocycles. The summed E-state index contributed by atoms with van der Waals surface area (Å²) >= 11 is 0. The topological polar surface area (TPSA) is 78.7 Å². The van der Waals surface area contributed by atoms with Crippen molar-refractivity contribution < 1.29 is 18.6 Å². The maximum atomic E-state index is 12.4. The Balaban J connectivity index is 1.85. The number of nitro benzene ring substituents is 1. The van der Waals surface area contributed by atoms with E-state index in [4.69, 9.17) is 9.47 Å². The molecule has 0 amide bonds. The molecule has 0 fully saturated rings. The Hall–Kier alpha value is -2.25. The second-order valence-corrected chi connectivity index (χ2v) is 6.63. The van der Waals surface area contributed by atoms with Gasteiger partial charge in [0.15, 0.2) is 6.79 Å². The molecule has 0 unspecified atom stereocenters. The van der Waals surface area contributed by atoms with Gasteiger partial charge in [-0.1, -0.05) is 30.3 Å². The Morgan fingerprint density at radius 2 is 1.96 bits per heavy atom. The first-order chi connectivity index (χ1) is 11.1. The van der Waals surface area contributed by atoms with Crippen LogP contribution in [0.25, 0.3) is 0 Å². The summed E-state index contributed by atoms with van der Waals surface area (Å²) in [4.78, 5) is 10.6. The van der Waals surface area contributed by atoms with Crippen molar-refractivity contribution in [1.82, 2.24) is 0 Å². The highest BCUT2D eigenvalue weighted by atomic mass is 32.2. The van der Waals surface area contributed by atoms with Crippen LogP contribution in [0.3, 0.4) is 0 Å². The maximum Gasteiger partial charge on any atom is 0.270 e. The number of rotatable bonds is 5. The summed E-state index contributed by atoms with van der Waals surface area (Å²) in [6, 6.07) is 12.4. The molecular weight excluding hydrogens is 318 g/mol. The van der Waals surface area contributed by atoms with Gasteiger partial charge >= 0.3 is 0 Å². The first-order valence-corrected chi connectivity index (χ1v) is 8.52. The molecule has 1 atom stereocenters. The van der Waals surface area contributed by atoms with Gasteiger partial charge in [0.2, 0.25) is 0 Å². The molecule has 1 heterocycles. The predicted molar refractivity (Wildman–Crippen MR) is 85.4 cm³/mol. The molecule has 0 radical (unpaired) electrons. The summed E-state index contributed by atoms with van der Waals surface area (Å²) in [6.07, 6.45) is 0. The van der Waals surface area contributed by atoms with Crippen molar-refractivity contribution in [3.63, 3.8) is 0 Å². The van der Waals surface area contributed by atoms with E-state index in [1.807, 2.05) is 30.3 Å². The third kappa shape index (κ3) is 3.75. The molecular formula is C16H15NO5S. The molecule has 23 heavy (non-hydrogen) atoms. The Labute approximate surface area is 135 Å². The zero-order chi connectivity index (χ0) is 16.2. The normalized spacial score (nSPS) is 14.6. The molecule has 0 saturated carbocycles. The van der Waals surface area contributed by atoms with Gasteiger partial charge in [-0.05, 0) is 5.56 Å².